The van der Waals surface area contributed by atoms with Gasteiger partial charge in [0.1, 0.15) is 0 Å². The van der Waals surface area contributed by atoms with Crippen molar-refractivity contribution >= 4 is 16.8 Å². The van der Waals surface area contributed by atoms with Gasteiger partial charge in [0.25, 0.3) is 5.91 Å². The third-order valence-corrected chi connectivity index (χ3v) is 4.95. The van der Waals surface area contributed by atoms with Crippen LogP contribution >= 0.6 is 0 Å². The van der Waals surface area contributed by atoms with Gasteiger partial charge in [-0.2, -0.15) is 9.49 Å². The second-order valence-corrected chi connectivity index (χ2v) is 7.03. The van der Waals surface area contributed by atoms with E-state index in [-0.39, 0.29) is 11.9 Å². The molecule has 0 aliphatic carbocycles. The highest BCUT2D eigenvalue weighted by Gasteiger charge is 2.15. The lowest BCUT2D eigenvalue weighted by Crippen LogP contribution is -2.33. The van der Waals surface area contributed by atoms with Crippen LogP contribution in [0.2, 0.25) is 0 Å². The molecule has 0 radical (unpaired) electrons. The number of benzene rings is 3. The Morgan fingerprint density at radius 3 is 2.69 bits per heavy atom. The standard InChI is InChI=1S/C23H21FN4O/c1-14-4-2-6-17(10-14)21(13-25)26-23(29)18-7-3-5-15(11-18)16-8-9-20-19(12-16)22(24)28-27-20/h2-12,21H,13,25H2,1H3,(H,26,29)(H,27,28). The summed E-state index contributed by atoms with van der Waals surface area (Å²) in [6, 6.07) is 20.2. The SMILES string of the molecule is Cc1cccc(C(CN)NC(=O)c2cccc(-c3ccc4n[nH]c(F)c4c3)c2)c1. The zero-order valence-electron chi connectivity index (χ0n) is 15.9. The van der Waals surface area contributed by atoms with Crippen LogP contribution in [-0.4, -0.2) is 22.6 Å². The van der Waals surface area contributed by atoms with Crippen molar-refractivity contribution < 1.29 is 9.18 Å². The third kappa shape index (κ3) is 3.88. The van der Waals surface area contributed by atoms with Gasteiger partial charge in [-0.05, 0) is 47.9 Å². The molecule has 0 bridgehead atoms. The van der Waals surface area contributed by atoms with Gasteiger partial charge in [-0.15, -0.1) is 0 Å². The number of rotatable bonds is 5. The fraction of sp³-hybridized carbons (Fsp3) is 0.130. The van der Waals surface area contributed by atoms with E-state index < -0.39 is 5.95 Å². The van der Waals surface area contributed by atoms with Crippen LogP contribution < -0.4 is 11.1 Å². The van der Waals surface area contributed by atoms with Gasteiger partial charge in [0.2, 0.25) is 5.95 Å². The van der Waals surface area contributed by atoms with Crippen LogP contribution in [0.5, 0.6) is 0 Å². The van der Waals surface area contributed by atoms with E-state index in [1.807, 2.05) is 49.4 Å². The van der Waals surface area contributed by atoms with Crippen molar-refractivity contribution in [1.82, 2.24) is 15.5 Å². The number of aromatic amines is 1. The molecule has 1 aromatic heterocycles. The zero-order valence-corrected chi connectivity index (χ0v) is 15.9. The van der Waals surface area contributed by atoms with Crippen LogP contribution in [0.25, 0.3) is 22.0 Å². The summed E-state index contributed by atoms with van der Waals surface area (Å²) in [5.41, 5.74) is 10.7. The van der Waals surface area contributed by atoms with Crippen LogP contribution in [0.3, 0.4) is 0 Å². The van der Waals surface area contributed by atoms with E-state index in [0.717, 1.165) is 22.3 Å². The number of hydrogen-bond acceptors (Lipinski definition) is 3. The molecule has 3 aromatic carbocycles. The molecular formula is C23H21FN4O. The van der Waals surface area contributed by atoms with Crippen molar-refractivity contribution in [3.63, 3.8) is 0 Å². The second-order valence-electron chi connectivity index (χ2n) is 7.03. The molecule has 0 spiro atoms. The molecular weight excluding hydrogens is 367 g/mol. The van der Waals surface area contributed by atoms with Gasteiger partial charge in [0, 0.05) is 12.1 Å². The Morgan fingerprint density at radius 1 is 1.10 bits per heavy atom. The molecule has 0 aliphatic heterocycles. The van der Waals surface area contributed by atoms with Gasteiger partial charge >= 0.3 is 0 Å². The number of H-pyrrole nitrogens is 1. The predicted octanol–water partition coefficient (Wildman–Crippen LogP) is 4.11. The highest BCUT2D eigenvalue weighted by molar-refractivity contribution is 5.96. The number of hydrogen-bond donors (Lipinski definition) is 3. The molecule has 4 N–H and O–H groups in total. The summed E-state index contributed by atoms with van der Waals surface area (Å²) in [6.45, 7) is 2.30. The molecule has 6 heteroatoms. The first-order chi connectivity index (χ1) is 14.0. The summed E-state index contributed by atoms with van der Waals surface area (Å²) in [4.78, 5) is 12.8. The monoisotopic (exact) mass is 388 g/mol. The summed E-state index contributed by atoms with van der Waals surface area (Å²) in [6.07, 6.45) is 0. The average Bonchev–Trinajstić information content (AvgIpc) is 3.12. The number of aryl methyl sites for hydroxylation is 1. The normalized spacial score (nSPS) is 12.1. The van der Waals surface area contributed by atoms with Crippen molar-refractivity contribution in [3.05, 3.63) is 89.4 Å². The number of aromatic nitrogens is 2. The van der Waals surface area contributed by atoms with E-state index in [1.165, 1.54) is 0 Å². The zero-order chi connectivity index (χ0) is 20.4. The molecule has 1 atom stereocenters. The van der Waals surface area contributed by atoms with Gasteiger partial charge in [-0.25, -0.2) is 0 Å². The van der Waals surface area contributed by atoms with E-state index in [2.05, 4.69) is 15.5 Å². The maximum atomic E-state index is 13.8. The highest BCUT2D eigenvalue weighted by atomic mass is 19.1. The summed E-state index contributed by atoms with van der Waals surface area (Å²) >= 11 is 0. The van der Waals surface area contributed by atoms with E-state index in [9.17, 15) is 9.18 Å². The smallest absolute Gasteiger partial charge is 0.251 e. The lowest BCUT2D eigenvalue weighted by atomic mass is 10.0. The molecule has 1 heterocycles. The van der Waals surface area contributed by atoms with Crippen LogP contribution in [-0.2, 0) is 0 Å². The fourth-order valence-corrected chi connectivity index (χ4v) is 3.41. The number of carbonyl (C=O) groups is 1. The molecule has 5 nitrogen and oxygen atoms in total. The largest absolute Gasteiger partial charge is 0.344 e. The molecule has 0 fully saturated rings. The van der Waals surface area contributed by atoms with Crippen LogP contribution in [0.4, 0.5) is 4.39 Å². The Morgan fingerprint density at radius 2 is 1.90 bits per heavy atom. The van der Waals surface area contributed by atoms with Crippen LogP contribution in [0, 0.1) is 12.9 Å². The Kier molecular flexibility index (Phi) is 5.10. The summed E-state index contributed by atoms with van der Waals surface area (Å²) in [5, 5.41) is 9.66. The van der Waals surface area contributed by atoms with Gasteiger partial charge in [0.05, 0.1) is 16.9 Å². The molecule has 0 saturated heterocycles. The van der Waals surface area contributed by atoms with Crippen molar-refractivity contribution in [2.45, 2.75) is 13.0 Å². The van der Waals surface area contributed by atoms with Gasteiger partial charge in [-0.3, -0.25) is 9.89 Å². The Bertz CT molecular complexity index is 1180. The predicted molar refractivity (Wildman–Crippen MR) is 112 cm³/mol. The van der Waals surface area contributed by atoms with Crippen LogP contribution in [0.1, 0.15) is 27.5 Å². The molecule has 0 aliphatic rings. The van der Waals surface area contributed by atoms with Crippen molar-refractivity contribution in [2.75, 3.05) is 6.54 Å². The first-order valence-corrected chi connectivity index (χ1v) is 9.36. The van der Waals surface area contributed by atoms with Crippen molar-refractivity contribution in [3.8, 4) is 11.1 Å². The minimum Gasteiger partial charge on any atom is -0.344 e. The number of fused-ring (bicyclic) bond motifs is 1. The number of nitrogens with zero attached hydrogens (tertiary/aromatic N) is 1. The second kappa shape index (κ2) is 7.85. The van der Waals surface area contributed by atoms with Gasteiger partial charge in [-0.1, -0.05) is 48.0 Å². The van der Waals surface area contributed by atoms with E-state index in [1.54, 1.807) is 24.3 Å². The molecule has 146 valence electrons. The molecule has 0 saturated carbocycles. The van der Waals surface area contributed by atoms with E-state index in [0.29, 0.717) is 23.0 Å². The minimum absolute atomic E-state index is 0.209. The average molecular weight is 388 g/mol. The topological polar surface area (TPSA) is 83.8 Å². The Labute approximate surface area is 167 Å². The number of halogens is 1. The molecule has 1 amide bonds. The summed E-state index contributed by atoms with van der Waals surface area (Å²) < 4.78 is 13.8. The molecule has 4 rings (SSSR count). The molecule has 1 unspecified atom stereocenters. The lowest BCUT2D eigenvalue weighted by molar-refractivity contribution is 0.0938. The highest BCUT2D eigenvalue weighted by Crippen LogP contribution is 2.26. The maximum Gasteiger partial charge on any atom is 0.251 e. The first-order valence-electron chi connectivity index (χ1n) is 9.36. The number of carbonyl (C=O) groups excluding carboxylic acids is 1. The van der Waals surface area contributed by atoms with Crippen molar-refractivity contribution in [1.29, 1.82) is 0 Å². The molecule has 29 heavy (non-hydrogen) atoms. The van der Waals surface area contributed by atoms with E-state index >= 15 is 0 Å². The number of nitrogens with one attached hydrogen (secondary N) is 2. The lowest BCUT2D eigenvalue weighted by Gasteiger charge is -2.18. The first kappa shape index (κ1) is 18.8. The third-order valence-electron chi connectivity index (χ3n) is 4.95. The van der Waals surface area contributed by atoms with E-state index in [4.69, 9.17) is 5.73 Å². The van der Waals surface area contributed by atoms with Gasteiger partial charge in [0.15, 0.2) is 0 Å². The summed E-state index contributed by atoms with van der Waals surface area (Å²) in [7, 11) is 0. The minimum atomic E-state index is -0.473. The summed E-state index contributed by atoms with van der Waals surface area (Å²) in [5.74, 6) is -0.681. The quantitative estimate of drug-likeness (QED) is 0.481. The van der Waals surface area contributed by atoms with Gasteiger partial charge < -0.3 is 11.1 Å². The number of nitrogens with two attached hydrogens (primary N) is 1. The number of amides is 1. The Balaban J connectivity index is 1.60. The Hall–Kier alpha value is -3.51. The van der Waals surface area contributed by atoms with Crippen molar-refractivity contribution in [2.24, 2.45) is 5.73 Å². The van der Waals surface area contributed by atoms with Crippen LogP contribution in [0.15, 0.2) is 66.7 Å². The molecule has 4 aromatic rings. The maximum absolute atomic E-state index is 13.8. The fourth-order valence-electron chi connectivity index (χ4n) is 3.41.